The van der Waals surface area contributed by atoms with Crippen LogP contribution in [-0.4, -0.2) is 0 Å². The Morgan fingerprint density at radius 1 is 1.11 bits per heavy atom. The third kappa shape index (κ3) is 3.38. The van der Waals surface area contributed by atoms with Crippen molar-refractivity contribution in [3.63, 3.8) is 0 Å². The van der Waals surface area contributed by atoms with Gasteiger partial charge in [-0.3, -0.25) is 0 Å². The topological polar surface area (TPSA) is 23.8 Å². The lowest BCUT2D eigenvalue weighted by Gasteiger charge is -2.06. The van der Waals surface area contributed by atoms with Gasteiger partial charge < -0.3 is 0 Å². The molecule has 0 saturated carbocycles. The zero-order valence-electron chi connectivity index (χ0n) is 9.36. The zero-order chi connectivity index (χ0) is 13.0. The molecular formula is C14H9Br2NS. The largest absolute Gasteiger partial charge is 0.192 e. The van der Waals surface area contributed by atoms with E-state index >= 15 is 0 Å². The summed E-state index contributed by atoms with van der Waals surface area (Å²) in [5.41, 5.74) is 1.94. The maximum Gasteiger partial charge on any atom is 0.100 e. The van der Waals surface area contributed by atoms with Crippen LogP contribution in [0.4, 0.5) is 0 Å². The van der Waals surface area contributed by atoms with Crippen LogP contribution in [0.15, 0.2) is 56.3 Å². The normalized spacial score (nSPS) is 10.1. The van der Waals surface area contributed by atoms with Gasteiger partial charge in [0.15, 0.2) is 0 Å². The molecule has 0 atom stereocenters. The summed E-state index contributed by atoms with van der Waals surface area (Å²) in [4.78, 5) is 1.02. The van der Waals surface area contributed by atoms with E-state index in [0.29, 0.717) is 0 Å². The fraction of sp³-hybridized carbons (Fsp3) is 0.0714. The molecule has 90 valence electrons. The highest BCUT2D eigenvalue weighted by Crippen LogP contribution is 2.30. The first-order valence-corrected chi connectivity index (χ1v) is 7.83. The highest BCUT2D eigenvalue weighted by molar-refractivity contribution is 9.11. The molecule has 0 bridgehead atoms. The Bertz CT molecular complexity index is 605. The summed E-state index contributed by atoms with van der Waals surface area (Å²) in [5.74, 6) is 0.832. The minimum Gasteiger partial charge on any atom is -0.192 e. The summed E-state index contributed by atoms with van der Waals surface area (Å²) < 4.78 is 2.16. The van der Waals surface area contributed by atoms with Crippen molar-refractivity contribution in [2.45, 2.75) is 10.6 Å². The van der Waals surface area contributed by atoms with Crippen LogP contribution in [-0.2, 0) is 5.75 Å². The van der Waals surface area contributed by atoms with Crippen LogP contribution in [0.25, 0.3) is 0 Å². The van der Waals surface area contributed by atoms with Crippen molar-refractivity contribution < 1.29 is 0 Å². The predicted molar refractivity (Wildman–Crippen MR) is 82.6 cm³/mol. The summed E-state index contributed by atoms with van der Waals surface area (Å²) in [6.45, 7) is 0. The van der Waals surface area contributed by atoms with Crippen molar-refractivity contribution in [3.8, 4) is 6.07 Å². The number of halogens is 2. The molecule has 0 aromatic heterocycles. The number of nitriles is 1. The van der Waals surface area contributed by atoms with E-state index in [1.807, 2.05) is 36.4 Å². The number of hydrogen-bond donors (Lipinski definition) is 0. The van der Waals surface area contributed by atoms with E-state index in [4.69, 9.17) is 5.26 Å². The Labute approximate surface area is 127 Å². The standard InChI is InChI=1S/C14H9Br2NS/c15-12-5-6-13(16)11(7-12)9-18-14-4-2-1-3-10(14)8-17/h1-7H,9H2. The fourth-order valence-electron chi connectivity index (χ4n) is 1.49. The Morgan fingerprint density at radius 2 is 1.89 bits per heavy atom. The van der Waals surface area contributed by atoms with E-state index in [-0.39, 0.29) is 0 Å². The van der Waals surface area contributed by atoms with Gasteiger partial charge >= 0.3 is 0 Å². The molecule has 0 fully saturated rings. The molecular weight excluding hydrogens is 374 g/mol. The molecule has 2 rings (SSSR count). The van der Waals surface area contributed by atoms with E-state index in [0.717, 1.165) is 25.2 Å². The summed E-state index contributed by atoms with van der Waals surface area (Å²) >= 11 is 8.68. The molecule has 2 aromatic carbocycles. The molecule has 18 heavy (non-hydrogen) atoms. The molecule has 0 aliphatic carbocycles. The van der Waals surface area contributed by atoms with Crippen molar-refractivity contribution in [2.24, 2.45) is 0 Å². The van der Waals surface area contributed by atoms with Crippen LogP contribution in [0.1, 0.15) is 11.1 Å². The second-order valence-corrected chi connectivity index (χ2v) is 6.42. The first-order chi connectivity index (χ1) is 8.70. The monoisotopic (exact) mass is 381 g/mol. The molecule has 0 unspecified atom stereocenters. The third-order valence-electron chi connectivity index (χ3n) is 2.40. The SMILES string of the molecule is N#Cc1ccccc1SCc1cc(Br)ccc1Br. The summed E-state index contributed by atoms with van der Waals surface area (Å²) in [6, 6.07) is 16.0. The first kappa shape index (κ1) is 13.7. The summed E-state index contributed by atoms with van der Waals surface area (Å²) in [7, 11) is 0. The van der Waals surface area contributed by atoms with Gasteiger partial charge in [-0.25, -0.2) is 0 Å². The van der Waals surface area contributed by atoms with Crippen LogP contribution in [0.5, 0.6) is 0 Å². The molecule has 0 amide bonds. The molecule has 4 heteroatoms. The van der Waals surface area contributed by atoms with Crippen molar-refractivity contribution >= 4 is 43.6 Å². The third-order valence-corrected chi connectivity index (χ3v) is 4.79. The van der Waals surface area contributed by atoms with E-state index in [2.05, 4.69) is 44.0 Å². The van der Waals surface area contributed by atoms with Gasteiger partial charge in [-0.15, -0.1) is 11.8 Å². The molecule has 0 heterocycles. The number of nitrogens with zero attached hydrogens (tertiary/aromatic N) is 1. The van der Waals surface area contributed by atoms with Gasteiger partial charge in [-0.1, -0.05) is 44.0 Å². The van der Waals surface area contributed by atoms with Crippen molar-refractivity contribution in [3.05, 3.63) is 62.5 Å². The van der Waals surface area contributed by atoms with Gasteiger partial charge in [-0.2, -0.15) is 5.26 Å². The molecule has 0 N–H and O–H groups in total. The number of benzene rings is 2. The molecule has 0 radical (unpaired) electrons. The summed E-state index contributed by atoms with van der Waals surface area (Å²) in [6.07, 6.45) is 0. The van der Waals surface area contributed by atoms with Crippen LogP contribution in [0.2, 0.25) is 0 Å². The smallest absolute Gasteiger partial charge is 0.100 e. The number of rotatable bonds is 3. The molecule has 2 aromatic rings. The molecule has 0 saturated heterocycles. The number of hydrogen-bond acceptors (Lipinski definition) is 2. The van der Waals surface area contributed by atoms with Gasteiger partial charge in [0.1, 0.15) is 6.07 Å². The lowest BCUT2D eigenvalue weighted by atomic mass is 10.2. The van der Waals surface area contributed by atoms with Crippen LogP contribution in [0.3, 0.4) is 0 Å². The highest BCUT2D eigenvalue weighted by atomic mass is 79.9. The predicted octanol–water partition coefficient (Wildman–Crippen LogP) is 5.38. The maximum absolute atomic E-state index is 9.03. The van der Waals surface area contributed by atoms with Gasteiger partial charge in [0.2, 0.25) is 0 Å². The molecule has 1 nitrogen and oxygen atoms in total. The van der Waals surface area contributed by atoms with Crippen molar-refractivity contribution in [1.29, 1.82) is 5.26 Å². The molecule has 0 aliphatic heterocycles. The fourth-order valence-corrected chi connectivity index (χ4v) is 3.47. The molecule has 0 spiro atoms. The summed E-state index contributed by atoms with van der Waals surface area (Å²) in [5, 5.41) is 9.03. The van der Waals surface area contributed by atoms with E-state index in [1.54, 1.807) is 11.8 Å². The Hall–Kier alpha value is -0.760. The second kappa shape index (κ2) is 6.42. The van der Waals surface area contributed by atoms with E-state index < -0.39 is 0 Å². The average molecular weight is 383 g/mol. The van der Waals surface area contributed by atoms with Crippen molar-refractivity contribution in [2.75, 3.05) is 0 Å². The Balaban J connectivity index is 2.17. The average Bonchev–Trinajstić information content (AvgIpc) is 2.40. The number of thioether (sulfide) groups is 1. The minimum atomic E-state index is 0.730. The van der Waals surface area contributed by atoms with Gasteiger partial charge in [0, 0.05) is 19.6 Å². The Kier molecular flexibility index (Phi) is 4.87. The second-order valence-electron chi connectivity index (χ2n) is 3.63. The van der Waals surface area contributed by atoms with Crippen LogP contribution >= 0.6 is 43.6 Å². The van der Waals surface area contributed by atoms with Crippen LogP contribution < -0.4 is 0 Å². The zero-order valence-corrected chi connectivity index (χ0v) is 13.3. The molecule has 0 aliphatic rings. The highest BCUT2D eigenvalue weighted by Gasteiger charge is 2.05. The minimum absolute atomic E-state index is 0.730. The quantitative estimate of drug-likeness (QED) is 0.665. The lowest BCUT2D eigenvalue weighted by molar-refractivity contribution is 1.32. The maximum atomic E-state index is 9.03. The van der Waals surface area contributed by atoms with E-state index in [9.17, 15) is 0 Å². The Morgan fingerprint density at radius 3 is 2.67 bits per heavy atom. The van der Waals surface area contributed by atoms with Gasteiger partial charge in [-0.05, 0) is 35.9 Å². The van der Waals surface area contributed by atoms with Crippen LogP contribution in [0, 0.1) is 11.3 Å². The van der Waals surface area contributed by atoms with Gasteiger partial charge in [0.05, 0.1) is 5.56 Å². The van der Waals surface area contributed by atoms with Crippen molar-refractivity contribution in [1.82, 2.24) is 0 Å². The first-order valence-electron chi connectivity index (χ1n) is 5.26. The van der Waals surface area contributed by atoms with E-state index in [1.165, 1.54) is 5.56 Å². The van der Waals surface area contributed by atoms with Gasteiger partial charge in [0.25, 0.3) is 0 Å². The lowest BCUT2D eigenvalue weighted by Crippen LogP contribution is -1.85.